The smallest absolute Gasteiger partial charge is 0.261 e. The molecule has 0 saturated heterocycles. The fourth-order valence-corrected chi connectivity index (χ4v) is 1.50. The fraction of sp³-hybridized carbons (Fsp3) is 0.294. The molecule has 1 N–H and O–H groups in total. The minimum Gasteiger partial charge on any atom is -0.372 e. The van der Waals surface area contributed by atoms with E-state index in [4.69, 9.17) is 4.74 Å². The Labute approximate surface area is 142 Å². The molecule has 7 heteroatoms. The highest BCUT2D eigenvalue weighted by atomic mass is 16.5. The largest absolute Gasteiger partial charge is 0.372 e. The first kappa shape index (κ1) is 19.2. The van der Waals surface area contributed by atoms with Gasteiger partial charge in [0.25, 0.3) is 5.91 Å². The summed E-state index contributed by atoms with van der Waals surface area (Å²) in [6.45, 7) is 11.5. The van der Waals surface area contributed by atoms with Crippen LogP contribution in [0.25, 0.3) is 0 Å². The van der Waals surface area contributed by atoms with Crippen LogP contribution in [0.15, 0.2) is 60.4 Å². The Kier molecular flexibility index (Phi) is 8.70. The van der Waals surface area contributed by atoms with Crippen molar-refractivity contribution in [1.82, 2.24) is 20.4 Å². The van der Waals surface area contributed by atoms with Crippen LogP contribution in [0.3, 0.4) is 0 Å². The maximum Gasteiger partial charge on any atom is 0.261 e. The van der Waals surface area contributed by atoms with Crippen molar-refractivity contribution in [3.8, 4) is 0 Å². The van der Waals surface area contributed by atoms with E-state index in [0.29, 0.717) is 12.3 Å². The summed E-state index contributed by atoms with van der Waals surface area (Å²) in [5, 5.41) is 11.7. The number of amides is 1. The molecule has 0 aromatic carbocycles. The maximum absolute atomic E-state index is 11.8. The van der Waals surface area contributed by atoms with Crippen LogP contribution in [0.2, 0.25) is 0 Å². The molecule has 1 aromatic rings. The number of rotatable bonds is 10. The van der Waals surface area contributed by atoms with Crippen molar-refractivity contribution in [2.75, 3.05) is 0 Å². The van der Waals surface area contributed by atoms with Gasteiger partial charge in [-0.15, -0.1) is 5.10 Å². The van der Waals surface area contributed by atoms with Gasteiger partial charge in [-0.3, -0.25) is 4.79 Å². The molecule has 0 unspecified atom stereocenters. The monoisotopic (exact) mass is 329 g/mol. The highest BCUT2D eigenvalue weighted by Crippen LogP contribution is 1.99. The lowest BCUT2D eigenvalue weighted by atomic mass is 10.2. The van der Waals surface area contributed by atoms with Gasteiger partial charge in [0.2, 0.25) is 0 Å². The third-order valence-corrected chi connectivity index (χ3v) is 2.63. The van der Waals surface area contributed by atoms with Gasteiger partial charge in [-0.25, -0.2) is 10.1 Å². The number of carbonyl (C=O) groups is 1. The van der Waals surface area contributed by atoms with E-state index in [9.17, 15) is 4.79 Å². The number of nitrogens with one attached hydrogen (secondary N) is 1. The van der Waals surface area contributed by atoms with E-state index >= 15 is 0 Å². The van der Waals surface area contributed by atoms with Gasteiger partial charge in [0, 0.05) is 0 Å². The van der Waals surface area contributed by atoms with E-state index in [1.807, 2.05) is 13.8 Å². The molecule has 24 heavy (non-hydrogen) atoms. The third-order valence-electron chi connectivity index (χ3n) is 2.63. The standard InChI is InChI=1S/C17H23N5O2/c1-5-7-8-9-15(6-2)10-18-20-17(23)12-22-11-16(19-21-22)13-24-14(3)4/h5-11,14H,1-2,12-13H2,3-4H3,(H,20,23)/b8-7-,15-9+,18-10+. The first-order chi connectivity index (χ1) is 11.5. The topological polar surface area (TPSA) is 81.4 Å². The number of allylic oxidation sites excluding steroid dienone is 6. The third kappa shape index (κ3) is 8.00. The van der Waals surface area contributed by atoms with Crippen molar-refractivity contribution < 1.29 is 9.53 Å². The van der Waals surface area contributed by atoms with E-state index in [1.165, 1.54) is 10.9 Å². The molecule has 1 aromatic heterocycles. The van der Waals surface area contributed by atoms with E-state index in [2.05, 4.69) is 34.0 Å². The fourth-order valence-electron chi connectivity index (χ4n) is 1.50. The average molecular weight is 329 g/mol. The molecular formula is C17H23N5O2. The SMILES string of the molecule is C=C\C=C/C=C(C=C)/C=N/NC(=O)Cn1cc(COC(C)C)nn1. The highest BCUT2D eigenvalue weighted by molar-refractivity contribution is 5.84. The van der Waals surface area contributed by atoms with Crippen LogP contribution in [0.1, 0.15) is 19.5 Å². The van der Waals surface area contributed by atoms with Gasteiger partial charge < -0.3 is 4.74 Å². The Morgan fingerprint density at radius 1 is 1.46 bits per heavy atom. The van der Waals surface area contributed by atoms with E-state index in [1.54, 1.807) is 36.6 Å². The molecule has 0 bridgehead atoms. The normalized spacial score (nSPS) is 12.2. The van der Waals surface area contributed by atoms with Gasteiger partial charge in [0.05, 0.1) is 25.1 Å². The van der Waals surface area contributed by atoms with Gasteiger partial charge in [0.1, 0.15) is 12.2 Å². The van der Waals surface area contributed by atoms with Crippen molar-refractivity contribution in [3.05, 3.63) is 61.0 Å². The van der Waals surface area contributed by atoms with E-state index < -0.39 is 0 Å². The van der Waals surface area contributed by atoms with E-state index in [0.717, 1.165) is 5.57 Å². The van der Waals surface area contributed by atoms with Gasteiger partial charge in [-0.1, -0.05) is 48.8 Å². The van der Waals surface area contributed by atoms with Gasteiger partial charge in [-0.2, -0.15) is 5.10 Å². The zero-order chi connectivity index (χ0) is 17.8. The summed E-state index contributed by atoms with van der Waals surface area (Å²) in [4.78, 5) is 11.8. The molecule has 0 radical (unpaired) electrons. The minimum atomic E-state index is -0.308. The van der Waals surface area contributed by atoms with Crippen molar-refractivity contribution in [3.63, 3.8) is 0 Å². The molecule has 1 heterocycles. The predicted octanol–water partition coefficient (Wildman–Crippen LogP) is 2.16. The number of hydrazone groups is 1. The molecule has 1 amide bonds. The van der Waals surface area contributed by atoms with Crippen molar-refractivity contribution in [1.29, 1.82) is 0 Å². The van der Waals surface area contributed by atoms with Crippen LogP contribution in [-0.4, -0.2) is 33.2 Å². The first-order valence-electron chi connectivity index (χ1n) is 7.49. The molecule has 0 aliphatic rings. The second-order valence-corrected chi connectivity index (χ2v) is 5.05. The molecule has 0 aliphatic heterocycles. The second kappa shape index (κ2) is 10.8. The zero-order valence-corrected chi connectivity index (χ0v) is 14.1. The molecule has 0 spiro atoms. The molecular weight excluding hydrogens is 306 g/mol. The van der Waals surface area contributed by atoms with Gasteiger partial charge >= 0.3 is 0 Å². The molecule has 0 aliphatic carbocycles. The summed E-state index contributed by atoms with van der Waals surface area (Å²) in [5.74, 6) is -0.308. The Bertz CT molecular complexity index is 641. The first-order valence-corrected chi connectivity index (χ1v) is 7.49. The Morgan fingerprint density at radius 3 is 2.92 bits per heavy atom. The minimum absolute atomic E-state index is 0.0233. The molecule has 128 valence electrons. The van der Waals surface area contributed by atoms with Crippen LogP contribution in [0.4, 0.5) is 0 Å². The second-order valence-electron chi connectivity index (χ2n) is 5.05. The van der Waals surface area contributed by atoms with Crippen molar-refractivity contribution >= 4 is 12.1 Å². The van der Waals surface area contributed by atoms with Crippen LogP contribution in [0, 0.1) is 0 Å². The van der Waals surface area contributed by atoms with Crippen LogP contribution >= 0.6 is 0 Å². The van der Waals surface area contributed by atoms with Crippen molar-refractivity contribution in [2.24, 2.45) is 5.10 Å². The molecule has 1 rings (SSSR count). The number of hydrogen-bond acceptors (Lipinski definition) is 5. The van der Waals surface area contributed by atoms with E-state index in [-0.39, 0.29) is 18.6 Å². The Balaban J connectivity index is 2.47. The van der Waals surface area contributed by atoms with Gasteiger partial charge in [0.15, 0.2) is 0 Å². The lowest BCUT2D eigenvalue weighted by molar-refractivity contribution is -0.121. The molecule has 7 nitrogen and oxygen atoms in total. The van der Waals surface area contributed by atoms with Crippen molar-refractivity contribution in [2.45, 2.75) is 33.1 Å². The lowest BCUT2D eigenvalue weighted by Gasteiger charge is -2.03. The lowest BCUT2D eigenvalue weighted by Crippen LogP contribution is -2.23. The quantitative estimate of drug-likeness (QED) is 0.405. The van der Waals surface area contributed by atoms with Crippen LogP contribution in [-0.2, 0) is 22.7 Å². The highest BCUT2D eigenvalue weighted by Gasteiger charge is 2.06. The summed E-state index contributed by atoms with van der Waals surface area (Å²) in [6.07, 6.45) is 11.9. The number of aromatic nitrogens is 3. The van der Waals surface area contributed by atoms with Crippen LogP contribution < -0.4 is 5.43 Å². The Morgan fingerprint density at radius 2 is 2.25 bits per heavy atom. The van der Waals surface area contributed by atoms with Crippen LogP contribution in [0.5, 0.6) is 0 Å². The number of nitrogens with zero attached hydrogens (tertiary/aromatic N) is 4. The Hall–Kier alpha value is -2.80. The number of carbonyl (C=O) groups excluding carboxylic acids is 1. The molecule has 0 fully saturated rings. The predicted molar refractivity (Wildman–Crippen MR) is 94.2 cm³/mol. The summed E-state index contributed by atoms with van der Waals surface area (Å²) >= 11 is 0. The summed E-state index contributed by atoms with van der Waals surface area (Å²) < 4.78 is 6.85. The molecule has 0 saturated carbocycles. The summed E-state index contributed by atoms with van der Waals surface area (Å²) in [7, 11) is 0. The summed E-state index contributed by atoms with van der Waals surface area (Å²) in [6, 6.07) is 0. The molecule has 0 atom stereocenters. The zero-order valence-electron chi connectivity index (χ0n) is 14.1. The maximum atomic E-state index is 11.8. The van der Waals surface area contributed by atoms with Gasteiger partial charge in [-0.05, 0) is 19.4 Å². The summed E-state index contributed by atoms with van der Waals surface area (Å²) in [5.41, 5.74) is 3.85. The number of ether oxygens (including phenoxy) is 1. The average Bonchev–Trinajstić information content (AvgIpc) is 2.99. The number of hydrogen-bond donors (Lipinski definition) is 1.